The first kappa shape index (κ1) is 13.2. The highest BCUT2D eigenvalue weighted by Crippen LogP contribution is 2.47. The summed E-state index contributed by atoms with van der Waals surface area (Å²) in [7, 11) is 0. The predicted molar refractivity (Wildman–Crippen MR) is 83.0 cm³/mol. The molecule has 0 saturated heterocycles. The lowest BCUT2D eigenvalue weighted by Gasteiger charge is -2.34. The van der Waals surface area contributed by atoms with Crippen molar-refractivity contribution < 1.29 is 4.92 Å². The van der Waals surface area contributed by atoms with Crippen LogP contribution in [0.5, 0.6) is 0 Å². The predicted octanol–water partition coefficient (Wildman–Crippen LogP) is 3.24. The zero-order chi connectivity index (χ0) is 14.4. The van der Waals surface area contributed by atoms with E-state index in [2.05, 4.69) is 5.32 Å². The molecular formula is C15H17N3O2S. The van der Waals surface area contributed by atoms with Crippen molar-refractivity contribution in [3.05, 3.63) is 38.4 Å². The maximum absolute atomic E-state index is 11.0. The summed E-state index contributed by atoms with van der Waals surface area (Å²) in [5, 5.41) is 16.6. The topological polar surface area (TPSA) is 67.5 Å². The van der Waals surface area contributed by atoms with Crippen LogP contribution in [0, 0.1) is 16.0 Å². The Morgan fingerprint density at radius 2 is 2.33 bits per heavy atom. The molecule has 0 spiro atoms. The molecule has 3 aliphatic rings. The van der Waals surface area contributed by atoms with Gasteiger partial charge in [-0.1, -0.05) is 11.3 Å². The van der Waals surface area contributed by atoms with Crippen LogP contribution in [0.4, 0.5) is 5.00 Å². The normalized spacial score (nSPS) is 28.1. The fraction of sp³-hybridized carbons (Fsp3) is 0.533. The van der Waals surface area contributed by atoms with Gasteiger partial charge in [0.1, 0.15) is 0 Å². The molecule has 2 unspecified atom stereocenters. The second-order valence-electron chi connectivity index (χ2n) is 5.95. The molecule has 5 nitrogen and oxygen atoms in total. The molecule has 3 heterocycles. The third-order valence-corrected chi connectivity index (χ3v) is 5.70. The van der Waals surface area contributed by atoms with E-state index in [9.17, 15) is 10.1 Å². The van der Waals surface area contributed by atoms with Gasteiger partial charge in [0.2, 0.25) is 0 Å². The number of hydrogen-bond acceptors (Lipinski definition) is 5. The fourth-order valence-electron chi connectivity index (χ4n) is 3.91. The highest BCUT2D eigenvalue weighted by Gasteiger charge is 2.39. The lowest BCUT2D eigenvalue weighted by molar-refractivity contribution is -0.380. The average Bonchev–Trinajstić information content (AvgIpc) is 3.13. The van der Waals surface area contributed by atoms with Crippen molar-refractivity contribution in [3.8, 4) is 0 Å². The molecule has 1 N–H and O–H groups in total. The van der Waals surface area contributed by atoms with Gasteiger partial charge in [-0.05, 0) is 30.4 Å². The Kier molecular flexibility index (Phi) is 3.15. The Bertz CT molecular complexity index is 662. The molecule has 1 aromatic heterocycles. The van der Waals surface area contributed by atoms with E-state index in [-0.39, 0.29) is 9.92 Å². The third kappa shape index (κ3) is 2.13. The molecule has 2 atom stereocenters. The van der Waals surface area contributed by atoms with Gasteiger partial charge in [0.25, 0.3) is 0 Å². The van der Waals surface area contributed by atoms with Crippen molar-refractivity contribution in [1.82, 2.24) is 5.32 Å². The Labute approximate surface area is 126 Å². The molecule has 21 heavy (non-hydrogen) atoms. The summed E-state index contributed by atoms with van der Waals surface area (Å²) in [6, 6.07) is 1.77. The quantitative estimate of drug-likeness (QED) is 0.673. The summed E-state index contributed by atoms with van der Waals surface area (Å²) < 4.78 is 0. The Balaban J connectivity index is 1.78. The van der Waals surface area contributed by atoms with Crippen LogP contribution in [0.2, 0.25) is 0 Å². The Morgan fingerprint density at radius 3 is 3.14 bits per heavy atom. The van der Waals surface area contributed by atoms with Crippen LogP contribution in [0.25, 0.3) is 0 Å². The van der Waals surface area contributed by atoms with E-state index in [1.165, 1.54) is 34.7 Å². The second kappa shape index (κ2) is 5.03. The molecule has 0 bridgehead atoms. The first-order valence-corrected chi connectivity index (χ1v) is 8.35. The van der Waals surface area contributed by atoms with Gasteiger partial charge in [-0.3, -0.25) is 15.1 Å². The van der Waals surface area contributed by atoms with Crippen LogP contribution >= 0.6 is 11.3 Å². The van der Waals surface area contributed by atoms with Crippen molar-refractivity contribution in [2.45, 2.75) is 31.6 Å². The minimum absolute atomic E-state index is 0.248. The van der Waals surface area contributed by atoms with E-state index >= 15 is 0 Å². The average molecular weight is 303 g/mol. The van der Waals surface area contributed by atoms with E-state index in [0.717, 1.165) is 37.9 Å². The minimum atomic E-state index is -0.283. The number of nitrogens with one attached hydrogen (secondary N) is 1. The monoisotopic (exact) mass is 303 g/mol. The highest BCUT2D eigenvalue weighted by molar-refractivity contribution is 7.13. The molecule has 110 valence electrons. The number of fused-ring (bicyclic) bond motifs is 1. The smallest absolute Gasteiger partial charge is 0.313 e. The second-order valence-corrected chi connectivity index (χ2v) is 6.84. The molecule has 4 rings (SSSR count). The lowest BCUT2D eigenvalue weighted by atomic mass is 9.76. The Hall–Kier alpha value is -1.53. The molecule has 0 radical (unpaired) electrons. The largest absolute Gasteiger partial charge is 0.324 e. The van der Waals surface area contributed by atoms with E-state index in [0.29, 0.717) is 11.8 Å². The van der Waals surface area contributed by atoms with Crippen molar-refractivity contribution in [3.63, 3.8) is 0 Å². The van der Waals surface area contributed by atoms with E-state index in [4.69, 9.17) is 4.99 Å². The van der Waals surface area contributed by atoms with Gasteiger partial charge in [0.05, 0.1) is 4.92 Å². The summed E-state index contributed by atoms with van der Waals surface area (Å²) in [4.78, 5) is 15.6. The lowest BCUT2D eigenvalue weighted by Crippen LogP contribution is -2.34. The van der Waals surface area contributed by atoms with Gasteiger partial charge >= 0.3 is 5.00 Å². The van der Waals surface area contributed by atoms with Gasteiger partial charge in [-0.25, -0.2) is 0 Å². The molecule has 1 fully saturated rings. The molecule has 2 aliphatic heterocycles. The molecule has 6 heteroatoms. The van der Waals surface area contributed by atoms with Crippen molar-refractivity contribution >= 4 is 22.0 Å². The highest BCUT2D eigenvalue weighted by atomic mass is 32.1. The van der Waals surface area contributed by atoms with Crippen molar-refractivity contribution in [1.29, 1.82) is 0 Å². The zero-order valence-corrected chi connectivity index (χ0v) is 12.5. The van der Waals surface area contributed by atoms with Crippen LogP contribution < -0.4 is 5.32 Å². The summed E-state index contributed by atoms with van der Waals surface area (Å²) in [5.41, 5.74) is 5.04. The maximum Gasteiger partial charge on any atom is 0.324 e. The van der Waals surface area contributed by atoms with Gasteiger partial charge in [0, 0.05) is 54.2 Å². The molecule has 1 aromatic rings. The Morgan fingerprint density at radius 1 is 1.43 bits per heavy atom. The minimum Gasteiger partial charge on any atom is -0.313 e. The molecule has 1 aliphatic carbocycles. The number of hydrogen-bond donors (Lipinski definition) is 1. The number of nitro groups is 1. The number of nitrogens with zero attached hydrogens (tertiary/aromatic N) is 2. The standard InChI is InChI=1S/C15H17N3O2S/c19-18(20)14-6-9(8-21-14)15-10-2-1-3-12(10)17-13-4-5-16-7-11(13)15/h6,8,10,15-16H,1-5,7H2. The van der Waals surface area contributed by atoms with Gasteiger partial charge in [-0.2, -0.15) is 0 Å². The summed E-state index contributed by atoms with van der Waals surface area (Å²) in [5.74, 6) is 0.755. The van der Waals surface area contributed by atoms with Crippen LogP contribution in [0.3, 0.4) is 0 Å². The maximum atomic E-state index is 11.0. The molecule has 0 amide bonds. The van der Waals surface area contributed by atoms with Gasteiger partial charge in [0.15, 0.2) is 0 Å². The summed E-state index contributed by atoms with van der Waals surface area (Å²) in [6.07, 6.45) is 4.43. The van der Waals surface area contributed by atoms with E-state index in [1.807, 2.05) is 5.38 Å². The van der Waals surface area contributed by atoms with Crippen LogP contribution in [0.15, 0.2) is 27.7 Å². The fourth-order valence-corrected chi connectivity index (χ4v) is 4.67. The molecule has 1 saturated carbocycles. The summed E-state index contributed by atoms with van der Waals surface area (Å²) in [6.45, 7) is 1.85. The summed E-state index contributed by atoms with van der Waals surface area (Å²) >= 11 is 1.24. The first-order valence-electron chi connectivity index (χ1n) is 7.47. The van der Waals surface area contributed by atoms with E-state index in [1.54, 1.807) is 6.07 Å². The number of thiophene rings is 1. The van der Waals surface area contributed by atoms with E-state index < -0.39 is 0 Å². The van der Waals surface area contributed by atoms with Crippen LogP contribution in [-0.2, 0) is 0 Å². The number of aliphatic imine (C=N–C) groups is 1. The van der Waals surface area contributed by atoms with Gasteiger partial charge in [-0.15, -0.1) is 0 Å². The first-order chi connectivity index (χ1) is 10.2. The van der Waals surface area contributed by atoms with Crippen molar-refractivity contribution in [2.75, 3.05) is 13.1 Å². The third-order valence-electron chi connectivity index (χ3n) is 4.80. The van der Waals surface area contributed by atoms with Crippen LogP contribution in [0.1, 0.15) is 37.2 Å². The molecular weight excluding hydrogens is 286 g/mol. The SMILES string of the molecule is O=[N+]([O-])c1cc(C2C3=C(CCNC3)N=C3CCCC32)cs1. The zero-order valence-electron chi connectivity index (χ0n) is 11.7. The van der Waals surface area contributed by atoms with Crippen molar-refractivity contribution in [2.24, 2.45) is 10.9 Å². The number of rotatable bonds is 2. The molecule has 0 aromatic carbocycles. The van der Waals surface area contributed by atoms with Crippen LogP contribution in [-0.4, -0.2) is 23.7 Å². The van der Waals surface area contributed by atoms with Gasteiger partial charge < -0.3 is 5.32 Å².